The van der Waals surface area contributed by atoms with Crippen molar-refractivity contribution in [2.75, 3.05) is 27.2 Å². The van der Waals surface area contributed by atoms with Gasteiger partial charge in [-0.3, -0.25) is 4.90 Å². The highest BCUT2D eigenvalue weighted by molar-refractivity contribution is 5.21. The standard InChI is InChI=1S/C12H20N2O/c1-12(9-13,14(2)3)10-15-11-7-5-4-6-8-11/h4-8H,9-10,13H2,1-3H3. The van der Waals surface area contributed by atoms with Crippen molar-refractivity contribution in [2.24, 2.45) is 5.73 Å². The van der Waals surface area contributed by atoms with E-state index in [-0.39, 0.29) is 5.54 Å². The predicted octanol–water partition coefficient (Wildman–Crippen LogP) is 1.34. The molecular weight excluding hydrogens is 188 g/mol. The van der Waals surface area contributed by atoms with Crippen LogP contribution in [-0.2, 0) is 0 Å². The number of para-hydroxylation sites is 1. The summed E-state index contributed by atoms with van der Waals surface area (Å²) in [5, 5.41) is 0. The van der Waals surface area contributed by atoms with Gasteiger partial charge in [0.05, 0.1) is 5.54 Å². The van der Waals surface area contributed by atoms with E-state index in [1.807, 2.05) is 44.4 Å². The van der Waals surface area contributed by atoms with Crippen LogP contribution in [0.2, 0.25) is 0 Å². The first-order valence-electron chi connectivity index (χ1n) is 5.14. The van der Waals surface area contributed by atoms with Crippen LogP contribution in [0.1, 0.15) is 6.92 Å². The number of hydrogen-bond donors (Lipinski definition) is 1. The lowest BCUT2D eigenvalue weighted by Crippen LogP contribution is -2.52. The Hall–Kier alpha value is -1.06. The van der Waals surface area contributed by atoms with Gasteiger partial charge in [-0.15, -0.1) is 0 Å². The molecule has 1 aromatic rings. The van der Waals surface area contributed by atoms with E-state index >= 15 is 0 Å². The van der Waals surface area contributed by atoms with Crippen LogP contribution in [0, 0.1) is 0 Å². The van der Waals surface area contributed by atoms with Gasteiger partial charge in [-0.1, -0.05) is 18.2 Å². The maximum Gasteiger partial charge on any atom is 0.119 e. The first kappa shape index (κ1) is 12.0. The summed E-state index contributed by atoms with van der Waals surface area (Å²) in [5.74, 6) is 0.888. The van der Waals surface area contributed by atoms with Gasteiger partial charge in [0, 0.05) is 6.54 Å². The molecule has 3 heteroatoms. The first-order valence-corrected chi connectivity index (χ1v) is 5.14. The van der Waals surface area contributed by atoms with Gasteiger partial charge in [-0.05, 0) is 33.2 Å². The second kappa shape index (κ2) is 5.14. The summed E-state index contributed by atoms with van der Waals surface area (Å²) in [6.45, 7) is 3.27. The van der Waals surface area contributed by atoms with Gasteiger partial charge in [0.15, 0.2) is 0 Å². The topological polar surface area (TPSA) is 38.5 Å². The minimum atomic E-state index is -0.115. The molecular formula is C12H20N2O. The Kier molecular flexibility index (Phi) is 4.12. The monoisotopic (exact) mass is 208 g/mol. The van der Waals surface area contributed by atoms with Crippen molar-refractivity contribution < 1.29 is 4.74 Å². The summed E-state index contributed by atoms with van der Waals surface area (Å²) in [7, 11) is 4.03. The van der Waals surface area contributed by atoms with Gasteiger partial charge < -0.3 is 10.5 Å². The van der Waals surface area contributed by atoms with Crippen molar-refractivity contribution in [3.63, 3.8) is 0 Å². The van der Waals surface area contributed by atoms with Gasteiger partial charge in [-0.25, -0.2) is 0 Å². The Balaban J connectivity index is 2.55. The second-order valence-electron chi connectivity index (χ2n) is 4.20. The average Bonchev–Trinajstić information content (AvgIpc) is 2.27. The Bertz CT molecular complexity index is 287. The number of rotatable bonds is 5. The summed E-state index contributed by atoms with van der Waals surface area (Å²) >= 11 is 0. The van der Waals surface area contributed by atoms with Crippen LogP contribution in [-0.4, -0.2) is 37.7 Å². The molecule has 0 saturated carbocycles. The van der Waals surface area contributed by atoms with E-state index < -0.39 is 0 Å². The third-order valence-corrected chi connectivity index (χ3v) is 2.81. The van der Waals surface area contributed by atoms with E-state index in [4.69, 9.17) is 10.5 Å². The lowest BCUT2D eigenvalue weighted by atomic mass is 10.0. The van der Waals surface area contributed by atoms with E-state index in [1.165, 1.54) is 0 Å². The van der Waals surface area contributed by atoms with E-state index in [0.717, 1.165) is 5.75 Å². The van der Waals surface area contributed by atoms with Crippen LogP contribution in [0.4, 0.5) is 0 Å². The number of ether oxygens (including phenoxy) is 1. The van der Waals surface area contributed by atoms with Crippen LogP contribution in [0.5, 0.6) is 5.75 Å². The van der Waals surface area contributed by atoms with Crippen molar-refractivity contribution in [3.05, 3.63) is 30.3 Å². The fourth-order valence-corrected chi connectivity index (χ4v) is 1.13. The van der Waals surface area contributed by atoms with Gasteiger partial charge in [-0.2, -0.15) is 0 Å². The Labute approximate surface area is 91.8 Å². The Morgan fingerprint density at radius 2 is 1.87 bits per heavy atom. The zero-order valence-corrected chi connectivity index (χ0v) is 9.73. The highest BCUT2D eigenvalue weighted by Gasteiger charge is 2.25. The van der Waals surface area contributed by atoms with Crippen molar-refractivity contribution in [2.45, 2.75) is 12.5 Å². The van der Waals surface area contributed by atoms with Gasteiger partial charge in [0.2, 0.25) is 0 Å². The molecule has 2 N–H and O–H groups in total. The molecule has 0 aromatic heterocycles. The smallest absolute Gasteiger partial charge is 0.119 e. The summed E-state index contributed by atoms with van der Waals surface area (Å²) in [6.07, 6.45) is 0. The molecule has 0 fully saturated rings. The molecule has 1 unspecified atom stereocenters. The van der Waals surface area contributed by atoms with Crippen LogP contribution in [0.25, 0.3) is 0 Å². The molecule has 0 aliphatic rings. The van der Waals surface area contributed by atoms with Crippen LogP contribution < -0.4 is 10.5 Å². The van der Waals surface area contributed by atoms with E-state index in [1.54, 1.807) is 0 Å². The van der Waals surface area contributed by atoms with Crippen molar-refractivity contribution in [1.82, 2.24) is 4.90 Å². The largest absolute Gasteiger partial charge is 0.492 e. The van der Waals surface area contributed by atoms with E-state index in [9.17, 15) is 0 Å². The third-order valence-electron chi connectivity index (χ3n) is 2.81. The van der Waals surface area contributed by atoms with Gasteiger partial charge >= 0.3 is 0 Å². The number of nitrogens with two attached hydrogens (primary N) is 1. The SMILES string of the molecule is CN(C)C(C)(CN)COc1ccccc1. The fraction of sp³-hybridized carbons (Fsp3) is 0.500. The first-order chi connectivity index (χ1) is 7.08. The molecule has 0 aliphatic heterocycles. The van der Waals surface area contributed by atoms with Crippen molar-refractivity contribution in [1.29, 1.82) is 0 Å². The molecule has 1 rings (SSSR count). The molecule has 1 atom stereocenters. The Morgan fingerprint density at radius 3 is 2.33 bits per heavy atom. The zero-order chi connectivity index (χ0) is 11.3. The molecule has 84 valence electrons. The minimum absolute atomic E-state index is 0.115. The van der Waals surface area contributed by atoms with E-state index in [2.05, 4.69) is 11.8 Å². The molecule has 0 radical (unpaired) electrons. The predicted molar refractivity (Wildman–Crippen MR) is 63.1 cm³/mol. The van der Waals surface area contributed by atoms with Crippen LogP contribution in [0.3, 0.4) is 0 Å². The van der Waals surface area contributed by atoms with Crippen LogP contribution in [0.15, 0.2) is 30.3 Å². The third kappa shape index (κ3) is 3.22. The normalized spacial score (nSPS) is 15.0. The quantitative estimate of drug-likeness (QED) is 0.793. The number of likely N-dealkylation sites (N-methyl/N-ethyl adjacent to an activating group) is 1. The van der Waals surface area contributed by atoms with Crippen molar-refractivity contribution >= 4 is 0 Å². The Morgan fingerprint density at radius 1 is 1.27 bits per heavy atom. The van der Waals surface area contributed by atoms with E-state index in [0.29, 0.717) is 13.2 Å². The zero-order valence-electron chi connectivity index (χ0n) is 9.73. The molecule has 0 heterocycles. The summed E-state index contributed by atoms with van der Waals surface area (Å²) in [4.78, 5) is 2.09. The molecule has 0 aliphatic carbocycles. The maximum atomic E-state index is 5.75. The average molecular weight is 208 g/mol. The lowest BCUT2D eigenvalue weighted by molar-refractivity contribution is 0.104. The number of hydrogen-bond acceptors (Lipinski definition) is 3. The summed E-state index contributed by atoms with van der Waals surface area (Å²) in [6, 6.07) is 9.80. The molecule has 3 nitrogen and oxygen atoms in total. The second-order valence-corrected chi connectivity index (χ2v) is 4.20. The fourth-order valence-electron chi connectivity index (χ4n) is 1.13. The minimum Gasteiger partial charge on any atom is -0.492 e. The lowest BCUT2D eigenvalue weighted by Gasteiger charge is -2.34. The van der Waals surface area contributed by atoms with Gasteiger partial charge in [0.1, 0.15) is 12.4 Å². The number of benzene rings is 1. The van der Waals surface area contributed by atoms with Crippen LogP contribution >= 0.6 is 0 Å². The summed E-state index contributed by atoms with van der Waals surface area (Å²) < 4.78 is 5.70. The highest BCUT2D eigenvalue weighted by atomic mass is 16.5. The number of nitrogens with zero attached hydrogens (tertiary/aromatic N) is 1. The molecule has 0 amide bonds. The summed E-state index contributed by atoms with van der Waals surface area (Å²) in [5.41, 5.74) is 5.64. The van der Waals surface area contributed by atoms with Crippen molar-refractivity contribution in [3.8, 4) is 5.75 Å². The maximum absolute atomic E-state index is 5.75. The molecule has 0 bridgehead atoms. The highest BCUT2D eigenvalue weighted by Crippen LogP contribution is 2.14. The van der Waals surface area contributed by atoms with Gasteiger partial charge in [0.25, 0.3) is 0 Å². The molecule has 0 spiro atoms. The molecule has 15 heavy (non-hydrogen) atoms. The molecule has 1 aromatic carbocycles. The molecule has 0 saturated heterocycles.